The number of carbonyl (C=O) groups excluding carboxylic acids is 1. The number of carboxylic acids is 1. The topological polar surface area (TPSA) is 77.8 Å². The molecule has 1 heterocycles. The van der Waals surface area contributed by atoms with Crippen LogP contribution in [0.4, 0.5) is 0 Å². The SMILES string of the molecule is O=C(O)[C@H]1CC[C@@H](C(=O)N2CCCCC2CO)C1. The molecule has 102 valence electrons. The maximum absolute atomic E-state index is 12.4. The molecule has 5 nitrogen and oxygen atoms in total. The number of hydrogen-bond donors (Lipinski definition) is 2. The Hall–Kier alpha value is -1.10. The summed E-state index contributed by atoms with van der Waals surface area (Å²) in [6.45, 7) is 0.721. The first-order chi connectivity index (χ1) is 8.63. The van der Waals surface area contributed by atoms with Crippen molar-refractivity contribution in [1.29, 1.82) is 0 Å². The van der Waals surface area contributed by atoms with Crippen LogP contribution in [0.15, 0.2) is 0 Å². The van der Waals surface area contributed by atoms with E-state index in [9.17, 15) is 14.7 Å². The number of aliphatic hydroxyl groups excluding tert-OH is 1. The third kappa shape index (κ3) is 2.66. The van der Waals surface area contributed by atoms with Gasteiger partial charge in [-0.25, -0.2) is 0 Å². The molecule has 2 rings (SSSR count). The first-order valence-corrected chi connectivity index (χ1v) is 6.77. The molecule has 0 spiro atoms. The molecule has 1 saturated carbocycles. The fourth-order valence-corrected chi connectivity index (χ4v) is 3.15. The minimum absolute atomic E-state index is 0.0147. The van der Waals surface area contributed by atoms with Crippen molar-refractivity contribution in [2.45, 2.75) is 44.6 Å². The van der Waals surface area contributed by atoms with Gasteiger partial charge in [-0.2, -0.15) is 0 Å². The lowest BCUT2D eigenvalue weighted by Crippen LogP contribution is -2.47. The molecule has 0 aromatic carbocycles. The average Bonchev–Trinajstić information content (AvgIpc) is 2.87. The molecular formula is C13H21NO4. The van der Waals surface area contributed by atoms with Crippen molar-refractivity contribution in [2.24, 2.45) is 11.8 Å². The number of aliphatic hydroxyl groups is 1. The van der Waals surface area contributed by atoms with Crippen LogP contribution in [0.25, 0.3) is 0 Å². The van der Waals surface area contributed by atoms with Crippen molar-refractivity contribution in [3.05, 3.63) is 0 Å². The Kier molecular flexibility index (Phi) is 4.22. The first kappa shape index (κ1) is 13.3. The van der Waals surface area contributed by atoms with Crippen LogP contribution in [0.3, 0.4) is 0 Å². The van der Waals surface area contributed by atoms with Crippen LogP contribution in [0.2, 0.25) is 0 Å². The fourth-order valence-electron chi connectivity index (χ4n) is 3.15. The second-order valence-corrected chi connectivity index (χ2v) is 5.41. The zero-order valence-corrected chi connectivity index (χ0v) is 10.5. The highest BCUT2D eigenvalue weighted by Gasteiger charge is 2.38. The monoisotopic (exact) mass is 255 g/mol. The number of piperidine rings is 1. The number of hydrogen-bond acceptors (Lipinski definition) is 3. The van der Waals surface area contributed by atoms with Gasteiger partial charge >= 0.3 is 5.97 Å². The van der Waals surface area contributed by atoms with Gasteiger partial charge in [0.15, 0.2) is 0 Å². The number of nitrogens with zero attached hydrogens (tertiary/aromatic N) is 1. The van der Waals surface area contributed by atoms with E-state index in [0.29, 0.717) is 25.8 Å². The number of likely N-dealkylation sites (tertiary alicyclic amines) is 1. The van der Waals surface area contributed by atoms with Crippen molar-refractivity contribution in [2.75, 3.05) is 13.2 Å². The maximum Gasteiger partial charge on any atom is 0.306 e. The standard InChI is InChI=1S/C13H21NO4/c15-8-11-3-1-2-6-14(11)12(16)9-4-5-10(7-9)13(17)18/h9-11,15H,1-8H2,(H,17,18)/t9-,10+,11?/m1/s1. The summed E-state index contributed by atoms with van der Waals surface area (Å²) in [7, 11) is 0. The Balaban J connectivity index is 1.96. The Labute approximate surface area is 107 Å². The summed E-state index contributed by atoms with van der Waals surface area (Å²) in [5.41, 5.74) is 0. The van der Waals surface area contributed by atoms with E-state index in [1.165, 1.54) is 0 Å². The lowest BCUT2D eigenvalue weighted by atomic mass is 9.98. The highest BCUT2D eigenvalue weighted by atomic mass is 16.4. The second kappa shape index (κ2) is 5.69. The normalized spacial score (nSPS) is 32.5. The summed E-state index contributed by atoms with van der Waals surface area (Å²) in [5.74, 6) is -1.25. The second-order valence-electron chi connectivity index (χ2n) is 5.41. The molecule has 2 fully saturated rings. The van der Waals surface area contributed by atoms with Gasteiger partial charge in [0.25, 0.3) is 0 Å². The smallest absolute Gasteiger partial charge is 0.306 e. The van der Waals surface area contributed by atoms with Gasteiger partial charge in [-0.3, -0.25) is 9.59 Å². The van der Waals surface area contributed by atoms with E-state index in [1.807, 2.05) is 0 Å². The van der Waals surface area contributed by atoms with E-state index in [0.717, 1.165) is 19.3 Å². The van der Waals surface area contributed by atoms with Gasteiger partial charge < -0.3 is 15.1 Å². The number of carbonyl (C=O) groups is 2. The van der Waals surface area contributed by atoms with E-state index in [2.05, 4.69) is 0 Å². The molecule has 1 aliphatic carbocycles. The van der Waals surface area contributed by atoms with Crippen molar-refractivity contribution < 1.29 is 19.8 Å². The van der Waals surface area contributed by atoms with Crippen molar-refractivity contribution in [3.63, 3.8) is 0 Å². The highest BCUT2D eigenvalue weighted by Crippen LogP contribution is 2.33. The van der Waals surface area contributed by atoms with Crippen molar-refractivity contribution >= 4 is 11.9 Å². The lowest BCUT2D eigenvalue weighted by Gasteiger charge is -2.36. The first-order valence-electron chi connectivity index (χ1n) is 6.77. The van der Waals surface area contributed by atoms with Gasteiger partial charge in [0.2, 0.25) is 5.91 Å². The summed E-state index contributed by atoms with van der Waals surface area (Å²) in [4.78, 5) is 25.0. The van der Waals surface area contributed by atoms with Crippen LogP contribution in [0.1, 0.15) is 38.5 Å². The Morgan fingerprint density at radius 3 is 2.44 bits per heavy atom. The maximum atomic E-state index is 12.4. The molecule has 2 N–H and O–H groups in total. The van der Waals surface area contributed by atoms with Crippen LogP contribution in [-0.4, -0.2) is 46.2 Å². The molecule has 0 bridgehead atoms. The summed E-state index contributed by atoms with van der Waals surface area (Å²) >= 11 is 0. The van der Waals surface area contributed by atoms with E-state index < -0.39 is 5.97 Å². The van der Waals surface area contributed by atoms with Crippen LogP contribution in [0.5, 0.6) is 0 Å². The molecule has 1 amide bonds. The predicted octanol–water partition coefficient (Wildman–Crippen LogP) is 0.861. The zero-order valence-electron chi connectivity index (χ0n) is 10.5. The molecule has 3 atom stereocenters. The molecule has 2 aliphatic rings. The number of amides is 1. The molecule has 5 heteroatoms. The van der Waals surface area contributed by atoms with E-state index in [-0.39, 0.29) is 30.4 Å². The summed E-state index contributed by atoms with van der Waals surface area (Å²) in [6, 6.07) is -0.0601. The quantitative estimate of drug-likeness (QED) is 0.784. The highest BCUT2D eigenvalue weighted by molar-refractivity contribution is 5.81. The molecular weight excluding hydrogens is 234 g/mol. The van der Waals surface area contributed by atoms with E-state index in [4.69, 9.17) is 5.11 Å². The van der Waals surface area contributed by atoms with Gasteiger partial charge in [-0.05, 0) is 38.5 Å². The Bertz CT molecular complexity index is 331. The third-order valence-electron chi connectivity index (χ3n) is 4.25. The molecule has 1 saturated heterocycles. The summed E-state index contributed by atoms with van der Waals surface area (Å²) in [6.07, 6.45) is 4.63. The van der Waals surface area contributed by atoms with Gasteiger partial charge in [0.05, 0.1) is 18.6 Å². The van der Waals surface area contributed by atoms with Gasteiger partial charge in [-0.1, -0.05) is 0 Å². The molecule has 1 aliphatic heterocycles. The van der Waals surface area contributed by atoms with Gasteiger partial charge in [-0.15, -0.1) is 0 Å². The third-order valence-corrected chi connectivity index (χ3v) is 4.25. The molecule has 0 aromatic rings. The minimum atomic E-state index is -0.789. The summed E-state index contributed by atoms with van der Waals surface area (Å²) < 4.78 is 0. The van der Waals surface area contributed by atoms with Gasteiger partial charge in [0, 0.05) is 12.5 Å². The Morgan fingerprint density at radius 2 is 1.83 bits per heavy atom. The van der Waals surface area contributed by atoms with Crippen molar-refractivity contribution in [1.82, 2.24) is 4.90 Å². The number of rotatable bonds is 3. The van der Waals surface area contributed by atoms with Crippen LogP contribution >= 0.6 is 0 Å². The van der Waals surface area contributed by atoms with Gasteiger partial charge in [0.1, 0.15) is 0 Å². The molecule has 18 heavy (non-hydrogen) atoms. The van der Waals surface area contributed by atoms with E-state index >= 15 is 0 Å². The van der Waals surface area contributed by atoms with Crippen LogP contribution in [0, 0.1) is 11.8 Å². The van der Waals surface area contributed by atoms with E-state index in [1.54, 1.807) is 4.90 Å². The largest absolute Gasteiger partial charge is 0.481 e. The molecule has 0 aromatic heterocycles. The Morgan fingerprint density at radius 1 is 1.11 bits per heavy atom. The van der Waals surface area contributed by atoms with Crippen molar-refractivity contribution in [3.8, 4) is 0 Å². The summed E-state index contributed by atoms with van der Waals surface area (Å²) in [5, 5.41) is 18.3. The average molecular weight is 255 g/mol. The zero-order chi connectivity index (χ0) is 13.1. The molecule has 0 radical (unpaired) electrons. The number of carboxylic acid groups (broad SMARTS) is 1. The number of aliphatic carboxylic acids is 1. The molecule has 1 unspecified atom stereocenters. The van der Waals surface area contributed by atoms with Crippen LogP contribution in [-0.2, 0) is 9.59 Å². The minimum Gasteiger partial charge on any atom is -0.481 e. The predicted molar refractivity (Wildman–Crippen MR) is 64.9 cm³/mol. The van der Waals surface area contributed by atoms with Crippen LogP contribution < -0.4 is 0 Å². The lowest BCUT2D eigenvalue weighted by molar-refractivity contribution is -0.142. The fraction of sp³-hybridized carbons (Fsp3) is 0.846.